The highest BCUT2D eigenvalue weighted by Crippen LogP contribution is 2.29. The third-order valence-corrected chi connectivity index (χ3v) is 4.00. The molecule has 0 saturated heterocycles. The molecule has 1 aromatic heterocycles. The van der Waals surface area contributed by atoms with Crippen molar-refractivity contribution >= 4 is 34.7 Å². The van der Waals surface area contributed by atoms with E-state index in [4.69, 9.17) is 11.6 Å². The average molecular weight is 340 g/mol. The topological polar surface area (TPSA) is 53.9 Å². The van der Waals surface area contributed by atoms with Crippen LogP contribution in [-0.4, -0.2) is 22.2 Å². The summed E-state index contributed by atoms with van der Waals surface area (Å²) < 4.78 is 0. The fraction of sp³-hybridized carbons (Fsp3) is 0.167. The average Bonchev–Trinajstić information content (AvgIpc) is 2.58. The number of hydrogen-bond acceptors (Lipinski definition) is 5. The number of halogens is 1. The molecule has 0 amide bonds. The number of nitrogens with one attached hydrogen (secondary N) is 1. The molecule has 0 unspecified atom stereocenters. The van der Waals surface area contributed by atoms with Crippen molar-refractivity contribution in [3.8, 4) is 0 Å². The summed E-state index contributed by atoms with van der Waals surface area (Å²) in [5, 5.41) is 11.9. The van der Waals surface area contributed by atoms with E-state index in [1.165, 1.54) is 0 Å². The second-order valence-electron chi connectivity index (χ2n) is 5.60. The van der Waals surface area contributed by atoms with Crippen LogP contribution in [0.4, 0.5) is 23.1 Å². The molecule has 3 rings (SSSR count). The quantitative estimate of drug-likeness (QED) is 0.749. The second kappa shape index (κ2) is 6.84. The Morgan fingerprint density at radius 1 is 1.08 bits per heavy atom. The Kier molecular flexibility index (Phi) is 4.62. The molecule has 0 saturated carbocycles. The van der Waals surface area contributed by atoms with Gasteiger partial charge in [-0.2, -0.15) is 10.1 Å². The van der Waals surface area contributed by atoms with Crippen molar-refractivity contribution in [2.75, 3.05) is 17.3 Å². The van der Waals surface area contributed by atoms with Gasteiger partial charge < -0.3 is 10.2 Å². The van der Waals surface area contributed by atoms with E-state index in [1.807, 2.05) is 62.2 Å². The van der Waals surface area contributed by atoms with Crippen LogP contribution in [0.1, 0.15) is 11.1 Å². The Morgan fingerprint density at radius 3 is 2.54 bits per heavy atom. The SMILES string of the molecule is Cc1cc(C)c(Nc2nncc(N(C)c3ccccc3)n2)c(Cl)c1. The monoisotopic (exact) mass is 339 g/mol. The normalized spacial score (nSPS) is 10.5. The lowest BCUT2D eigenvalue weighted by molar-refractivity contribution is 0.956. The zero-order valence-electron chi connectivity index (χ0n) is 13.8. The van der Waals surface area contributed by atoms with Crippen LogP contribution < -0.4 is 10.2 Å². The van der Waals surface area contributed by atoms with Crippen molar-refractivity contribution in [1.82, 2.24) is 15.2 Å². The smallest absolute Gasteiger partial charge is 0.249 e. The maximum Gasteiger partial charge on any atom is 0.249 e. The van der Waals surface area contributed by atoms with Crippen molar-refractivity contribution in [2.45, 2.75) is 13.8 Å². The highest BCUT2D eigenvalue weighted by molar-refractivity contribution is 6.33. The zero-order valence-corrected chi connectivity index (χ0v) is 14.5. The van der Waals surface area contributed by atoms with E-state index in [2.05, 4.69) is 26.6 Å². The fourth-order valence-electron chi connectivity index (χ4n) is 2.48. The molecule has 0 radical (unpaired) electrons. The number of nitrogens with zero attached hydrogens (tertiary/aromatic N) is 4. The number of para-hydroxylation sites is 1. The predicted octanol–water partition coefficient (Wildman–Crippen LogP) is 4.65. The van der Waals surface area contributed by atoms with Crippen LogP contribution >= 0.6 is 11.6 Å². The second-order valence-corrected chi connectivity index (χ2v) is 6.00. The van der Waals surface area contributed by atoms with Crippen molar-refractivity contribution in [1.29, 1.82) is 0 Å². The Bertz CT molecular complexity index is 828. The number of aryl methyl sites for hydroxylation is 2. The Morgan fingerprint density at radius 2 is 1.83 bits per heavy atom. The molecule has 1 N–H and O–H groups in total. The van der Waals surface area contributed by atoms with Crippen LogP contribution in [0.5, 0.6) is 0 Å². The molecule has 0 aliphatic rings. The summed E-state index contributed by atoms with van der Waals surface area (Å²) in [5.74, 6) is 1.10. The van der Waals surface area contributed by atoms with Gasteiger partial charge in [-0.1, -0.05) is 35.9 Å². The number of benzene rings is 2. The van der Waals surface area contributed by atoms with Gasteiger partial charge >= 0.3 is 0 Å². The van der Waals surface area contributed by atoms with Crippen LogP contribution in [0.3, 0.4) is 0 Å². The van der Waals surface area contributed by atoms with Crippen molar-refractivity contribution in [3.05, 3.63) is 64.8 Å². The van der Waals surface area contributed by atoms with E-state index < -0.39 is 0 Å². The third-order valence-electron chi connectivity index (χ3n) is 3.70. The summed E-state index contributed by atoms with van der Waals surface area (Å²) in [4.78, 5) is 6.48. The molecule has 3 aromatic rings. The Labute approximate surface area is 146 Å². The lowest BCUT2D eigenvalue weighted by Crippen LogP contribution is -2.13. The predicted molar refractivity (Wildman–Crippen MR) is 98.5 cm³/mol. The molecule has 0 spiro atoms. The summed E-state index contributed by atoms with van der Waals surface area (Å²) in [7, 11) is 1.94. The Balaban J connectivity index is 1.89. The minimum absolute atomic E-state index is 0.407. The molecule has 122 valence electrons. The molecule has 24 heavy (non-hydrogen) atoms. The van der Waals surface area contributed by atoms with Crippen LogP contribution in [0, 0.1) is 13.8 Å². The van der Waals surface area contributed by atoms with Crippen molar-refractivity contribution in [3.63, 3.8) is 0 Å². The standard InChI is InChI=1S/C18H18ClN5/c1-12-9-13(2)17(15(19)10-12)22-18-21-16(11-20-23-18)24(3)14-7-5-4-6-8-14/h4-11H,1-3H3,(H,21,22,23). The van der Waals surface area contributed by atoms with Gasteiger partial charge in [0.05, 0.1) is 16.9 Å². The first-order chi connectivity index (χ1) is 11.5. The van der Waals surface area contributed by atoms with Crippen molar-refractivity contribution in [2.24, 2.45) is 0 Å². The lowest BCUT2D eigenvalue weighted by atomic mass is 10.1. The minimum Gasteiger partial charge on any atom is -0.328 e. The van der Waals surface area contributed by atoms with E-state index in [0.29, 0.717) is 16.8 Å². The molecule has 0 aliphatic carbocycles. The van der Waals surface area contributed by atoms with Crippen LogP contribution in [-0.2, 0) is 0 Å². The lowest BCUT2D eigenvalue weighted by Gasteiger charge is -2.18. The molecule has 0 fully saturated rings. The number of hydrogen-bond donors (Lipinski definition) is 1. The van der Waals surface area contributed by atoms with Gasteiger partial charge in [0.1, 0.15) is 0 Å². The van der Waals surface area contributed by atoms with Crippen molar-refractivity contribution < 1.29 is 0 Å². The molecule has 0 bridgehead atoms. The van der Waals surface area contributed by atoms with Gasteiger partial charge in [-0.15, -0.1) is 5.10 Å². The van der Waals surface area contributed by atoms with Gasteiger partial charge in [-0.05, 0) is 43.2 Å². The van der Waals surface area contributed by atoms with Gasteiger partial charge in [0.25, 0.3) is 0 Å². The molecule has 2 aromatic carbocycles. The van der Waals surface area contributed by atoms with E-state index in [9.17, 15) is 0 Å². The summed E-state index contributed by atoms with van der Waals surface area (Å²) in [6.07, 6.45) is 1.63. The highest BCUT2D eigenvalue weighted by Gasteiger charge is 2.11. The summed E-state index contributed by atoms with van der Waals surface area (Å²) in [5.41, 5.74) is 3.96. The number of aromatic nitrogens is 3. The number of anilines is 4. The van der Waals surface area contributed by atoms with Crippen LogP contribution in [0.25, 0.3) is 0 Å². The first-order valence-electron chi connectivity index (χ1n) is 7.57. The van der Waals surface area contributed by atoms with Gasteiger partial charge in [-0.25, -0.2) is 0 Å². The summed E-state index contributed by atoms with van der Waals surface area (Å²) >= 11 is 6.33. The minimum atomic E-state index is 0.407. The number of rotatable bonds is 4. The Hall–Kier alpha value is -2.66. The van der Waals surface area contributed by atoms with Gasteiger partial charge in [0.2, 0.25) is 5.95 Å². The molecular weight excluding hydrogens is 322 g/mol. The summed E-state index contributed by atoms with van der Waals surface area (Å²) in [6, 6.07) is 13.9. The van der Waals surface area contributed by atoms with Gasteiger partial charge in [-0.3, -0.25) is 0 Å². The molecule has 6 heteroatoms. The van der Waals surface area contributed by atoms with Gasteiger partial charge in [0.15, 0.2) is 5.82 Å². The third kappa shape index (κ3) is 3.46. The maximum absolute atomic E-state index is 6.33. The largest absolute Gasteiger partial charge is 0.328 e. The molecule has 5 nitrogen and oxygen atoms in total. The fourth-order valence-corrected chi connectivity index (χ4v) is 2.85. The maximum atomic E-state index is 6.33. The van der Waals surface area contributed by atoms with Gasteiger partial charge in [0, 0.05) is 12.7 Å². The molecule has 0 aliphatic heterocycles. The molecule has 0 atom stereocenters. The van der Waals surface area contributed by atoms with E-state index in [0.717, 1.165) is 22.5 Å². The van der Waals surface area contributed by atoms with Crippen LogP contribution in [0.15, 0.2) is 48.7 Å². The van der Waals surface area contributed by atoms with E-state index in [1.54, 1.807) is 6.20 Å². The first-order valence-corrected chi connectivity index (χ1v) is 7.94. The highest BCUT2D eigenvalue weighted by atomic mass is 35.5. The van der Waals surface area contributed by atoms with E-state index >= 15 is 0 Å². The first kappa shape index (κ1) is 16.2. The summed E-state index contributed by atoms with van der Waals surface area (Å²) in [6.45, 7) is 4.00. The zero-order chi connectivity index (χ0) is 17.1. The van der Waals surface area contributed by atoms with E-state index in [-0.39, 0.29) is 0 Å². The molecular formula is C18H18ClN5. The molecule has 1 heterocycles. The van der Waals surface area contributed by atoms with Crippen LogP contribution in [0.2, 0.25) is 5.02 Å².